The Morgan fingerprint density at radius 3 is 1.20 bits per heavy atom. The van der Waals surface area contributed by atoms with Gasteiger partial charge in [-0.2, -0.15) is 0 Å². The second kappa shape index (κ2) is 0.582. The molecule has 2 aliphatic heterocycles. The van der Waals surface area contributed by atoms with Crippen LogP contribution in [0.3, 0.4) is 0 Å². The second-order valence-corrected chi connectivity index (χ2v) is 7.31. The van der Waals surface area contributed by atoms with Gasteiger partial charge < -0.3 is 0 Å². The molecular formula is O4Pb. The molecule has 4 nitrogen and oxygen atoms in total. The molecule has 5 heteroatoms. The molecule has 0 saturated carbocycles. The molecular weight excluding hydrogens is 271 g/mol. The van der Waals surface area contributed by atoms with E-state index in [1.165, 1.54) is 0 Å². The summed E-state index contributed by atoms with van der Waals surface area (Å²) in [6, 6.07) is 0. The van der Waals surface area contributed by atoms with E-state index in [0.29, 0.717) is 0 Å². The Balaban J connectivity index is 2.30. The van der Waals surface area contributed by atoms with Crippen molar-refractivity contribution in [3.8, 4) is 0 Å². The van der Waals surface area contributed by atoms with E-state index in [0.717, 1.165) is 0 Å². The third-order valence-corrected chi connectivity index (χ3v) is 3.85. The first-order valence-electron chi connectivity index (χ1n) is 1.15. The quantitative estimate of drug-likeness (QED) is 0.333. The van der Waals surface area contributed by atoms with Crippen LogP contribution in [-0.2, 0) is 11.4 Å². The molecule has 0 aromatic carbocycles. The van der Waals surface area contributed by atoms with Crippen LogP contribution in [0.2, 0.25) is 0 Å². The Labute approximate surface area is 34.7 Å². The first-order chi connectivity index (χ1) is 2.41. The van der Waals surface area contributed by atoms with Gasteiger partial charge in [0.05, 0.1) is 0 Å². The van der Waals surface area contributed by atoms with Crippen molar-refractivity contribution in [3.63, 3.8) is 0 Å². The van der Waals surface area contributed by atoms with Crippen LogP contribution < -0.4 is 0 Å². The summed E-state index contributed by atoms with van der Waals surface area (Å²) in [5, 5.41) is 0. The first kappa shape index (κ1) is 2.86. The minimum atomic E-state index is -2.78. The van der Waals surface area contributed by atoms with Crippen LogP contribution in [0.1, 0.15) is 0 Å². The maximum absolute atomic E-state index is 4.28. The van der Waals surface area contributed by atoms with Crippen LogP contribution in [-0.4, -0.2) is 23.0 Å². The van der Waals surface area contributed by atoms with Crippen molar-refractivity contribution in [3.05, 3.63) is 0 Å². The summed E-state index contributed by atoms with van der Waals surface area (Å²) in [7, 11) is 0. The normalized spacial score (nSPS) is 38.4. The van der Waals surface area contributed by atoms with Crippen molar-refractivity contribution in [1.82, 2.24) is 0 Å². The molecule has 0 aromatic rings. The van der Waals surface area contributed by atoms with Gasteiger partial charge in [0.15, 0.2) is 0 Å². The van der Waals surface area contributed by atoms with E-state index < -0.39 is 23.0 Å². The second-order valence-electron chi connectivity index (χ2n) is 0.833. The van der Waals surface area contributed by atoms with Crippen LogP contribution in [0.5, 0.6) is 0 Å². The van der Waals surface area contributed by atoms with E-state index >= 15 is 0 Å². The summed E-state index contributed by atoms with van der Waals surface area (Å²) in [5.74, 6) is 0. The molecule has 2 aliphatic rings. The molecule has 1 spiro atoms. The Morgan fingerprint density at radius 2 is 1.20 bits per heavy atom. The average molecular weight is 271 g/mol. The molecule has 0 radical (unpaired) electrons. The van der Waals surface area contributed by atoms with Gasteiger partial charge in [-0.1, -0.05) is 0 Å². The Bertz CT molecular complexity index is 46.5. The van der Waals surface area contributed by atoms with Crippen LogP contribution >= 0.6 is 0 Å². The van der Waals surface area contributed by atoms with E-state index in [2.05, 4.69) is 11.4 Å². The van der Waals surface area contributed by atoms with Crippen LogP contribution in [0.4, 0.5) is 0 Å². The van der Waals surface area contributed by atoms with E-state index in [9.17, 15) is 0 Å². The van der Waals surface area contributed by atoms with Crippen LogP contribution in [0.15, 0.2) is 0 Å². The molecule has 0 atom stereocenters. The third-order valence-electron chi connectivity index (χ3n) is 0.439. The van der Waals surface area contributed by atoms with Gasteiger partial charge in [-0.3, -0.25) is 0 Å². The predicted octanol–water partition coefficient (Wildman–Crippen LogP) is -0.654. The Kier molecular flexibility index (Phi) is 0.333. The van der Waals surface area contributed by atoms with Crippen molar-refractivity contribution in [1.29, 1.82) is 0 Å². The summed E-state index contributed by atoms with van der Waals surface area (Å²) in [6.07, 6.45) is 0. The first-order valence-corrected chi connectivity index (χ1v) is 7.50. The number of rotatable bonds is 0. The topological polar surface area (TPSA) is 50.1 Å². The van der Waals surface area contributed by atoms with Gasteiger partial charge in [0.1, 0.15) is 0 Å². The van der Waals surface area contributed by atoms with Gasteiger partial charge in [0.2, 0.25) is 0 Å². The molecule has 0 amide bonds. The Hall–Kier alpha value is 0.762. The van der Waals surface area contributed by atoms with E-state index in [1.807, 2.05) is 0 Å². The fourth-order valence-corrected chi connectivity index (χ4v) is 5.73. The molecule has 2 heterocycles. The Morgan fingerprint density at radius 1 is 0.800 bits per heavy atom. The van der Waals surface area contributed by atoms with Crippen molar-refractivity contribution in [2.75, 3.05) is 0 Å². The van der Waals surface area contributed by atoms with Gasteiger partial charge in [0, 0.05) is 0 Å². The molecule has 0 unspecified atom stereocenters. The SMILES string of the molecule is [O]1[O][Pb]12[O][O]2. The minimum absolute atomic E-state index is 2.78. The fraction of sp³-hybridized carbons (Fsp3) is 0. The molecule has 5 heavy (non-hydrogen) atoms. The van der Waals surface area contributed by atoms with Crippen LogP contribution in [0, 0.1) is 0 Å². The van der Waals surface area contributed by atoms with Gasteiger partial charge in [-0.05, 0) is 0 Å². The molecule has 0 bridgehead atoms. The van der Waals surface area contributed by atoms with Crippen molar-refractivity contribution in [2.24, 2.45) is 0 Å². The molecule has 0 aliphatic carbocycles. The van der Waals surface area contributed by atoms with Crippen molar-refractivity contribution < 1.29 is 11.4 Å². The summed E-state index contributed by atoms with van der Waals surface area (Å²) in [4.78, 5) is 0. The summed E-state index contributed by atoms with van der Waals surface area (Å²) < 4.78 is 17.1. The van der Waals surface area contributed by atoms with E-state index in [4.69, 9.17) is 0 Å². The maximum atomic E-state index is 4.28. The third kappa shape index (κ3) is 0.314. The molecule has 0 aromatic heterocycles. The average Bonchev–Trinajstić information content (AvgIpc) is 2.17. The van der Waals surface area contributed by atoms with Crippen molar-refractivity contribution >= 4 is 23.0 Å². The van der Waals surface area contributed by atoms with E-state index in [1.54, 1.807) is 0 Å². The van der Waals surface area contributed by atoms with Gasteiger partial charge in [-0.25, -0.2) is 0 Å². The molecule has 2 rings (SSSR count). The summed E-state index contributed by atoms with van der Waals surface area (Å²) in [6.45, 7) is 0. The van der Waals surface area contributed by atoms with E-state index in [-0.39, 0.29) is 0 Å². The van der Waals surface area contributed by atoms with Gasteiger partial charge >= 0.3 is 34.3 Å². The fourth-order valence-electron chi connectivity index (χ4n) is 0.124. The van der Waals surface area contributed by atoms with Crippen LogP contribution in [0.25, 0.3) is 0 Å². The van der Waals surface area contributed by atoms with Gasteiger partial charge in [0.25, 0.3) is 0 Å². The van der Waals surface area contributed by atoms with Gasteiger partial charge in [-0.15, -0.1) is 0 Å². The summed E-state index contributed by atoms with van der Waals surface area (Å²) >= 11 is -2.78. The zero-order valence-electron chi connectivity index (χ0n) is 2.13. The monoisotopic (exact) mass is 272 g/mol. The molecule has 2 fully saturated rings. The zero-order valence-corrected chi connectivity index (χ0v) is 6.02. The molecule has 2 saturated heterocycles. The molecule has 28 valence electrons. The molecule has 0 N–H and O–H groups in total. The predicted molar refractivity (Wildman–Crippen MR) is 10.1 cm³/mol. The van der Waals surface area contributed by atoms with Crippen molar-refractivity contribution in [2.45, 2.75) is 0 Å². The number of hydrogen-bond acceptors (Lipinski definition) is 4. The standard InChI is InChI=1S/2O2.Pb/c2*1-2;/q2*-2;+4. The zero-order chi connectivity index (χ0) is 3.33. The number of hydrogen-bond donors (Lipinski definition) is 0. The summed E-state index contributed by atoms with van der Waals surface area (Å²) in [5.41, 5.74) is 0.